The van der Waals surface area contributed by atoms with Crippen LogP contribution in [0.3, 0.4) is 0 Å². The van der Waals surface area contributed by atoms with Gasteiger partial charge < -0.3 is 10.1 Å². The van der Waals surface area contributed by atoms with Gasteiger partial charge in [-0.25, -0.2) is 9.97 Å². The first-order valence-electron chi connectivity index (χ1n) is 8.64. The number of anilines is 1. The predicted octanol–water partition coefficient (Wildman–Crippen LogP) is 1.61. The van der Waals surface area contributed by atoms with Crippen LogP contribution >= 0.6 is 0 Å². The van der Waals surface area contributed by atoms with Crippen molar-refractivity contribution < 1.29 is 4.74 Å². The summed E-state index contributed by atoms with van der Waals surface area (Å²) in [5.41, 5.74) is 1.20. The molecule has 7 heteroatoms. The Hall–Kier alpha value is -1.99. The van der Waals surface area contributed by atoms with Crippen LogP contribution < -0.4 is 5.32 Å². The Morgan fingerprint density at radius 2 is 2.29 bits per heavy atom. The van der Waals surface area contributed by atoms with E-state index in [1.54, 1.807) is 0 Å². The van der Waals surface area contributed by atoms with Crippen molar-refractivity contribution in [1.82, 2.24) is 24.6 Å². The van der Waals surface area contributed by atoms with Crippen LogP contribution in [0.4, 0.5) is 5.82 Å². The highest BCUT2D eigenvalue weighted by molar-refractivity contribution is 5.33. The van der Waals surface area contributed by atoms with E-state index in [9.17, 15) is 0 Å². The first kappa shape index (κ1) is 15.5. The minimum absolute atomic E-state index is 0.0848. The van der Waals surface area contributed by atoms with Crippen molar-refractivity contribution in [3.05, 3.63) is 36.0 Å². The highest BCUT2D eigenvalue weighted by Gasteiger charge is 2.27. The second-order valence-electron chi connectivity index (χ2n) is 6.71. The number of hydrogen-bond acceptors (Lipinski definition) is 6. The molecule has 0 radical (unpaired) electrons. The molecule has 4 rings (SSSR count). The van der Waals surface area contributed by atoms with E-state index < -0.39 is 0 Å². The molecule has 2 aromatic heterocycles. The molecule has 1 N–H and O–H groups in total. The van der Waals surface area contributed by atoms with E-state index in [0.29, 0.717) is 6.61 Å². The van der Waals surface area contributed by atoms with Gasteiger partial charge in [0.25, 0.3) is 0 Å². The van der Waals surface area contributed by atoms with E-state index in [2.05, 4.69) is 26.5 Å². The zero-order chi connectivity index (χ0) is 16.4. The summed E-state index contributed by atoms with van der Waals surface area (Å²) in [6, 6.07) is 2.03. The largest absolute Gasteiger partial charge is 0.378 e. The lowest BCUT2D eigenvalue weighted by Crippen LogP contribution is -2.39. The normalized spacial score (nSPS) is 21.8. The number of aromatic nitrogens is 4. The number of morpholine rings is 1. The molecule has 1 aliphatic heterocycles. The van der Waals surface area contributed by atoms with E-state index in [4.69, 9.17) is 9.72 Å². The molecule has 24 heavy (non-hydrogen) atoms. The van der Waals surface area contributed by atoms with Crippen LogP contribution in [0, 0.1) is 5.92 Å². The third-order valence-corrected chi connectivity index (χ3v) is 4.62. The maximum absolute atomic E-state index is 5.69. The lowest BCUT2D eigenvalue weighted by molar-refractivity contribution is -0.0159. The fourth-order valence-corrected chi connectivity index (χ4v) is 3.06. The molecule has 0 aromatic carbocycles. The van der Waals surface area contributed by atoms with Crippen LogP contribution in [-0.2, 0) is 18.3 Å². The SMILES string of the molecule is Cn1cc(CN2CCOC[C@@H]2c2nccc(NCC3CC3)n2)cn1. The number of nitrogens with one attached hydrogen (secondary N) is 1. The van der Waals surface area contributed by atoms with E-state index >= 15 is 0 Å². The molecule has 1 atom stereocenters. The number of ether oxygens (including phenoxy) is 1. The quantitative estimate of drug-likeness (QED) is 0.869. The van der Waals surface area contributed by atoms with Crippen molar-refractivity contribution in [3.8, 4) is 0 Å². The van der Waals surface area contributed by atoms with Crippen molar-refractivity contribution in [2.45, 2.75) is 25.4 Å². The highest BCUT2D eigenvalue weighted by atomic mass is 16.5. The van der Waals surface area contributed by atoms with Crippen LogP contribution in [0.15, 0.2) is 24.7 Å². The van der Waals surface area contributed by atoms with Gasteiger partial charge >= 0.3 is 0 Å². The molecule has 1 saturated carbocycles. The van der Waals surface area contributed by atoms with Gasteiger partial charge in [-0.05, 0) is 24.8 Å². The van der Waals surface area contributed by atoms with Crippen LogP contribution in [-0.4, -0.2) is 51.0 Å². The first-order chi connectivity index (χ1) is 11.8. The third-order valence-electron chi connectivity index (χ3n) is 4.62. The second kappa shape index (κ2) is 6.86. The van der Waals surface area contributed by atoms with Crippen LogP contribution in [0.25, 0.3) is 0 Å². The molecular weight excluding hydrogens is 304 g/mol. The molecule has 0 spiro atoms. The molecule has 2 aromatic rings. The van der Waals surface area contributed by atoms with E-state index in [0.717, 1.165) is 43.8 Å². The summed E-state index contributed by atoms with van der Waals surface area (Å²) in [6.07, 6.45) is 8.48. The van der Waals surface area contributed by atoms with Crippen LogP contribution in [0.2, 0.25) is 0 Å². The Bertz CT molecular complexity index is 683. The Kier molecular flexibility index (Phi) is 4.44. The molecule has 0 unspecified atom stereocenters. The lowest BCUT2D eigenvalue weighted by atomic mass is 10.2. The average Bonchev–Trinajstić information content (AvgIpc) is 3.35. The number of hydrogen-bond donors (Lipinski definition) is 1. The van der Waals surface area contributed by atoms with E-state index in [-0.39, 0.29) is 6.04 Å². The standard InChI is InChI=1S/C17H24N6O/c1-22-10-14(9-20-22)11-23-6-7-24-12-15(23)17-18-5-4-16(21-17)19-8-13-2-3-13/h4-5,9-10,13,15H,2-3,6-8,11-12H2,1H3,(H,18,19,21)/t15-/m1/s1. The lowest BCUT2D eigenvalue weighted by Gasteiger charge is -2.34. The van der Waals surface area contributed by atoms with Crippen LogP contribution in [0.1, 0.15) is 30.3 Å². The second-order valence-corrected chi connectivity index (χ2v) is 6.71. The summed E-state index contributed by atoms with van der Waals surface area (Å²) in [5, 5.41) is 7.69. The topological polar surface area (TPSA) is 68.1 Å². The molecule has 0 amide bonds. The highest BCUT2D eigenvalue weighted by Crippen LogP contribution is 2.29. The van der Waals surface area contributed by atoms with Gasteiger partial charge in [0.15, 0.2) is 0 Å². The summed E-state index contributed by atoms with van der Waals surface area (Å²) in [4.78, 5) is 11.6. The van der Waals surface area contributed by atoms with Crippen molar-refractivity contribution in [2.24, 2.45) is 13.0 Å². The molecule has 7 nitrogen and oxygen atoms in total. The van der Waals surface area contributed by atoms with Gasteiger partial charge in [-0.15, -0.1) is 0 Å². The molecule has 2 aliphatic rings. The van der Waals surface area contributed by atoms with Crippen molar-refractivity contribution >= 4 is 5.82 Å². The zero-order valence-corrected chi connectivity index (χ0v) is 14.1. The monoisotopic (exact) mass is 328 g/mol. The summed E-state index contributed by atoms with van der Waals surface area (Å²) in [7, 11) is 1.94. The minimum Gasteiger partial charge on any atom is -0.378 e. The van der Waals surface area contributed by atoms with Gasteiger partial charge in [-0.2, -0.15) is 5.10 Å². The molecule has 128 valence electrons. The third kappa shape index (κ3) is 3.73. The summed E-state index contributed by atoms with van der Waals surface area (Å²) in [5.74, 6) is 2.57. The molecule has 1 aliphatic carbocycles. The van der Waals surface area contributed by atoms with Crippen molar-refractivity contribution in [3.63, 3.8) is 0 Å². The Morgan fingerprint density at radius 3 is 3.08 bits per heavy atom. The fraction of sp³-hybridized carbons (Fsp3) is 0.588. The molecular formula is C17H24N6O. The average molecular weight is 328 g/mol. The molecule has 2 fully saturated rings. The molecule has 3 heterocycles. The maximum atomic E-state index is 5.69. The Morgan fingerprint density at radius 1 is 1.38 bits per heavy atom. The summed E-state index contributed by atoms with van der Waals surface area (Å²) < 4.78 is 7.53. The van der Waals surface area contributed by atoms with Gasteiger partial charge in [0, 0.05) is 44.6 Å². The maximum Gasteiger partial charge on any atom is 0.150 e. The smallest absolute Gasteiger partial charge is 0.150 e. The number of rotatable bonds is 6. The summed E-state index contributed by atoms with van der Waals surface area (Å²) in [6.45, 7) is 4.10. The van der Waals surface area contributed by atoms with E-state index in [1.165, 1.54) is 18.4 Å². The Balaban J connectivity index is 1.47. The predicted molar refractivity (Wildman–Crippen MR) is 90.4 cm³/mol. The first-order valence-corrected chi connectivity index (χ1v) is 8.64. The van der Waals surface area contributed by atoms with Gasteiger partial charge in [-0.3, -0.25) is 9.58 Å². The number of nitrogens with zero attached hydrogens (tertiary/aromatic N) is 5. The van der Waals surface area contributed by atoms with Gasteiger partial charge in [0.05, 0.1) is 25.5 Å². The minimum atomic E-state index is 0.0848. The van der Waals surface area contributed by atoms with Gasteiger partial charge in [0.2, 0.25) is 0 Å². The zero-order valence-electron chi connectivity index (χ0n) is 14.1. The van der Waals surface area contributed by atoms with Gasteiger partial charge in [0.1, 0.15) is 11.6 Å². The van der Waals surface area contributed by atoms with Crippen LogP contribution in [0.5, 0.6) is 0 Å². The van der Waals surface area contributed by atoms with Gasteiger partial charge in [-0.1, -0.05) is 0 Å². The molecule has 1 saturated heterocycles. The molecule has 0 bridgehead atoms. The fourth-order valence-electron chi connectivity index (χ4n) is 3.06. The van der Waals surface area contributed by atoms with Crippen molar-refractivity contribution in [1.29, 1.82) is 0 Å². The Labute approximate surface area is 142 Å². The van der Waals surface area contributed by atoms with Crippen molar-refractivity contribution in [2.75, 3.05) is 31.6 Å². The van der Waals surface area contributed by atoms with E-state index in [1.807, 2.05) is 30.2 Å². The summed E-state index contributed by atoms with van der Waals surface area (Å²) >= 11 is 0. The number of aryl methyl sites for hydroxylation is 1.